The number of carbonyl (C=O) groups excluding carboxylic acids is 1. The van der Waals surface area contributed by atoms with Crippen LogP contribution in [0.15, 0.2) is 45.8 Å². The summed E-state index contributed by atoms with van der Waals surface area (Å²) in [5, 5.41) is 20.8. The van der Waals surface area contributed by atoms with Crippen molar-refractivity contribution in [2.24, 2.45) is 7.05 Å². The Bertz CT molecular complexity index is 801. The SMILES string of the molecule is Cn1cc([C@@](C)(O)CNC(=O)c2cc(-c3ccco3)on2)cn1. The highest BCUT2D eigenvalue weighted by Gasteiger charge is 2.26. The largest absolute Gasteiger partial charge is 0.461 e. The van der Waals surface area contributed by atoms with Crippen molar-refractivity contribution in [3.63, 3.8) is 0 Å². The van der Waals surface area contributed by atoms with Crippen molar-refractivity contribution in [3.8, 4) is 11.5 Å². The zero-order chi connectivity index (χ0) is 16.4. The highest BCUT2D eigenvalue weighted by molar-refractivity contribution is 5.92. The van der Waals surface area contributed by atoms with E-state index in [0.717, 1.165) is 0 Å². The van der Waals surface area contributed by atoms with Crippen LogP contribution in [0.25, 0.3) is 11.5 Å². The number of furan rings is 1. The molecular formula is C15H16N4O4. The lowest BCUT2D eigenvalue weighted by molar-refractivity contribution is 0.0523. The van der Waals surface area contributed by atoms with Crippen molar-refractivity contribution in [1.82, 2.24) is 20.3 Å². The van der Waals surface area contributed by atoms with Gasteiger partial charge in [0.05, 0.1) is 19.0 Å². The third-order valence-electron chi connectivity index (χ3n) is 3.43. The maximum atomic E-state index is 12.1. The zero-order valence-corrected chi connectivity index (χ0v) is 12.7. The van der Waals surface area contributed by atoms with Crippen molar-refractivity contribution >= 4 is 5.91 Å². The Hall–Kier alpha value is -2.87. The Morgan fingerprint density at radius 3 is 2.96 bits per heavy atom. The van der Waals surface area contributed by atoms with E-state index in [4.69, 9.17) is 8.94 Å². The van der Waals surface area contributed by atoms with E-state index in [0.29, 0.717) is 17.1 Å². The molecule has 0 aromatic carbocycles. The maximum absolute atomic E-state index is 12.1. The quantitative estimate of drug-likeness (QED) is 0.735. The van der Waals surface area contributed by atoms with Crippen LogP contribution in [0.4, 0.5) is 0 Å². The standard InChI is InChI=1S/C15H16N4O4/c1-15(21,10-7-17-19(2)8-10)9-16-14(20)11-6-13(23-18-11)12-4-3-5-22-12/h3-8,21H,9H2,1-2H3,(H,16,20)/t15-/m0/s1. The van der Waals surface area contributed by atoms with Gasteiger partial charge in [-0.1, -0.05) is 5.16 Å². The van der Waals surface area contributed by atoms with Gasteiger partial charge in [0, 0.05) is 24.9 Å². The number of aryl methyl sites for hydroxylation is 1. The Morgan fingerprint density at radius 1 is 1.48 bits per heavy atom. The molecule has 0 aliphatic rings. The second-order valence-electron chi connectivity index (χ2n) is 5.41. The summed E-state index contributed by atoms with van der Waals surface area (Å²) in [5.74, 6) is 0.397. The van der Waals surface area contributed by atoms with Gasteiger partial charge in [-0.3, -0.25) is 9.48 Å². The predicted molar refractivity (Wildman–Crippen MR) is 79.3 cm³/mol. The van der Waals surface area contributed by atoms with Crippen molar-refractivity contribution < 1.29 is 18.8 Å². The van der Waals surface area contributed by atoms with E-state index in [1.54, 1.807) is 43.2 Å². The zero-order valence-electron chi connectivity index (χ0n) is 12.7. The molecule has 0 spiro atoms. The summed E-state index contributed by atoms with van der Waals surface area (Å²) in [5.41, 5.74) is -0.521. The van der Waals surface area contributed by atoms with Crippen LogP contribution in [0.2, 0.25) is 0 Å². The first-order valence-electron chi connectivity index (χ1n) is 6.96. The average Bonchev–Trinajstić information content (AvgIpc) is 3.24. The first-order valence-corrected chi connectivity index (χ1v) is 6.96. The number of rotatable bonds is 5. The first kappa shape index (κ1) is 15.0. The van der Waals surface area contributed by atoms with E-state index in [2.05, 4.69) is 15.6 Å². The minimum absolute atomic E-state index is 0.0144. The summed E-state index contributed by atoms with van der Waals surface area (Å²) in [7, 11) is 1.75. The van der Waals surface area contributed by atoms with Gasteiger partial charge in [0.1, 0.15) is 5.60 Å². The molecule has 3 heterocycles. The fourth-order valence-electron chi connectivity index (χ4n) is 2.06. The Kier molecular flexibility index (Phi) is 3.75. The van der Waals surface area contributed by atoms with E-state index >= 15 is 0 Å². The lowest BCUT2D eigenvalue weighted by Gasteiger charge is -2.21. The molecule has 120 valence electrons. The van der Waals surface area contributed by atoms with E-state index in [9.17, 15) is 9.90 Å². The summed E-state index contributed by atoms with van der Waals surface area (Å²) in [6, 6.07) is 4.89. The van der Waals surface area contributed by atoms with Crippen LogP contribution in [-0.2, 0) is 12.6 Å². The van der Waals surface area contributed by atoms with Gasteiger partial charge >= 0.3 is 0 Å². The fraction of sp³-hybridized carbons (Fsp3) is 0.267. The van der Waals surface area contributed by atoms with Gasteiger partial charge in [0.25, 0.3) is 5.91 Å². The third-order valence-corrected chi connectivity index (χ3v) is 3.43. The van der Waals surface area contributed by atoms with E-state index in [1.165, 1.54) is 12.3 Å². The number of nitrogens with one attached hydrogen (secondary N) is 1. The Balaban J connectivity index is 1.65. The Labute approximate surface area is 131 Å². The molecule has 8 heteroatoms. The van der Waals surface area contributed by atoms with Crippen molar-refractivity contribution in [2.45, 2.75) is 12.5 Å². The summed E-state index contributed by atoms with van der Waals surface area (Å²) < 4.78 is 11.8. The topological polar surface area (TPSA) is 106 Å². The maximum Gasteiger partial charge on any atom is 0.273 e. The highest BCUT2D eigenvalue weighted by atomic mass is 16.5. The number of aromatic nitrogens is 3. The van der Waals surface area contributed by atoms with E-state index in [-0.39, 0.29) is 12.2 Å². The van der Waals surface area contributed by atoms with Crippen LogP contribution in [0.5, 0.6) is 0 Å². The van der Waals surface area contributed by atoms with Crippen LogP contribution in [0.3, 0.4) is 0 Å². The van der Waals surface area contributed by atoms with E-state index < -0.39 is 11.5 Å². The smallest absolute Gasteiger partial charge is 0.273 e. The number of hydrogen-bond acceptors (Lipinski definition) is 6. The lowest BCUT2D eigenvalue weighted by Crippen LogP contribution is -2.38. The summed E-state index contributed by atoms with van der Waals surface area (Å²) >= 11 is 0. The molecule has 0 fully saturated rings. The van der Waals surface area contributed by atoms with Crippen LogP contribution >= 0.6 is 0 Å². The molecule has 0 saturated carbocycles. The molecule has 0 radical (unpaired) electrons. The number of nitrogens with zero attached hydrogens (tertiary/aromatic N) is 3. The van der Waals surface area contributed by atoms with Gasteiger partial charge in [0.2, 0.25) is 5.76 Å². The van der Waals surface area contributed by atoms with Crippen LogP contribution < -0.4 is 5.32 Å². The van der Waals surface area contributed by atoms with Crippen LogP contribution in [0.1, 0.15) is 23.0 Å². The molecule has 1 amide bonds. The molecule has 0 bridgehead atoms. The number of carbonyl (C=O) groups is 1. The fourth-order valence-corrected chi connectivity index (χ4v) is 2.06. The molecule has 2 N–H and O–H groups in total. The van der Waals surface area contributed by atoms with Gasteiger partial charge < -0.3 is 19.4 Å². The molecule has 23 heavy (non-hydrogen) atoms. The Morgan fingerprint density at radius 2 is 2.30 bits per heavy atom. The average molecular weight is 316 g/mol. The van der Waals surface area contributed by atoms with Crippen molar-refractivity contribution in [3.05, 3.63) is 48.1 Å². The van der Waals surface area contributed by atoms with Gasteiger partial charge in [-0.05, 0) is 19.1 Å². The summed E-state index contributed by atoms with van der Waals surface area (Å²) in [4.78, 5) is 12.1. The first-order chi connectivity index (χ1) is 11.0. The van der Waals surface area contributed by atoms with Gasteiger partial charge in [0.15, 0.2) is 11.5 Å². The molecule has 0 unspecified atom stereocenters. The normalized spacial score (nSPS) is 13.7. The molecule has 8 nitrogen and oxygen atoms in total. The second kappa shape index (κ2) is 5.73. The number of hydrogen-bond donors (Lipinski definition) is 2. The minimum Gasteiger partial charge on any atom is -0.461 e. The van der Waals surface area contributed by atoms with Crippen molar-refractivity contribution in [2.75, 3.05) is 6.54 Å². The van der Waals surface area contributed by atoms with Gasteiger partial charge in [-0.25, -0.2) is 0 Å². The van der Waals surface area contributed by atoms with E-state index in [1.807, 2.05) is 0 Å². The molecule has 0 aliphatic carbocycles. The molecule has 0 saturated heterocycles. The van der Waals surface area contributed by atoms with Crippen molar-refractivity contribution in [1.29, 1.82) is 0 Å². The summed E-state index contributed by atoms with van der Waals surface area (Å²) in [6.07, 6.45) is 4.75. The van der Waals surface area contributed by atoms with Crippen LogP contribution in [-0.4, -0.2) is 32.5 Å². The van der Waals surface area contributed by atoms with Crippen LogP contribution in [0, 0.1) is 0 Å². The summed E-state index contributed by atoms with van der Waals surface area (Å²) in [6.45, 7) is 1.61. The highest BCUT2D eigenvalue weighted by Crippen LogP contribution is 2.21. The van der Waals surface area contributed by atoms with Gasteiger partial charge in [-0.15, -0.1) is 0 Å². The monoisotopic (exact) mass is 316 g/mol. The molecule has 3 aromatic rings. The second-order valence-corrected chi connectivity index (χ2v) is 5.41. The number of aliphatic hydroxyl groups is 1. The molecule has 1 atom stereocenters. The molecule has 0 aliphatic heterocycles. The third kappa shape index (κ3) is 3.16. The number of amides is 1. The molecular weight excluding hydrogens is 300 g/mol. The minimum atomic E-state index is -1.24. The molecule has 3 rings (SSSR count). The lowest BCUT2D eigenvalue weighted by atomic mass is 10.00. The van der Waals surface area contributed by atoms with Gasteiger partial charge in [-0.2, -0.15) is 5.10 Å². The predicted octanol–water partition coefficient (Wildman–Crippen LogP) is 1.31. The molecule has 3 aromatic heterocycles.